The quantitative estimate of drug-likeness (QED) is 0.466. The highest BCUT2D eigenvalue weighted by atomic mass is 16.5. The standard InChI is InChI=1S/C24H24N4O3/c1-3-15(2)17-6-10-19(11-7-17)31-23-13-21(22(29)12-20(23)26)28(24(27)30)18-8-4-16(14-25)5-9-18/h4-13,15,29H,3,26H2,1-2H3,(H2,27,30). The average molecular weight is 416 g/mol. The van der Waals surface area contributed by atoms with Crippen LogP contribution in [0.2, 0.25) is 0 Å². The number of aromatic hydroxyl groups is 1. The van der Waals surface area contributed by atoms with Crippen molar-refractivity contribution in [2.24, 2.45) is 5.73 Å². The molecule has 3 aromatic rings. The van der Waals surface area contributed by atoms with Gasteiger partial charge in [0.05, 0.1) is 28.7 Å². The highest BCUT2D eigenvalue weighted by molar-refractivity contribution is 6.00. The number of nitriles is 1. The van der Waals surface area contributed by atoms with Gasteiger partial charge in [0.15, 0.2) is 5.75 Å². The highest BCUT2D eigenvalue weighted by Crippen LogP contribution is 2.41. The number of rotatable bonds is 6. The first-order chi connectivity index (χ1) is 14.8. The van der Waals surface area contributed by atoms with E-state index in [9.17, 15) is 9.90 Å². The number of primary amides is 1. The van der Waals surface area contributed by atoms with Gasteiger partial charge in [-0.15, -0.1) is 0 Å². The van der Waals surface area contributed by atoms with Crippen molar-refractivity contribution in [1.29, 1.82) is 5.26 Å². The van der Waals surface area contributed by atoms with Gasteiger partial charge in [-0.25, -0.2) is 4.79 Å². The molecule has 7 heteroatoms. The lowest BCUT2D eigenvalue weighted by molar-refractivity contribution is 0.256. The minimum atomic E-state index is -0.811. The molecule has 31 heavy (non-hydrogen) atoms. The first-order valence-corrected chi connectivity index (χ1v) is 9.84. The van der Waals surface area contributed by atoms with E-state index in [1.807, 2.05) is 30.3 Å². The van der Waals surface area contributed by atoms with Crippen LogP contribution in [0.15, 0.2) is 60.7 Å². The molecule has 0 bridgehead atoms. The van der Waals surface area contributed by atoms with Crippen molar-refractivity contribution in [3.05, 3.63) is 71.8 Å². The predicted molar refractivity (Wildman–Crippen MR) is 121 cm³/mol. The Hall–Kier alpha value is -4.18. The molecule has 0 fully saturated rings. The van der Waals surface area contributed by atoms with E-state index >= 15 is 0 Å². The van der Waals surface area contributed by atoms with Crippen LogP contribution in [-0.2, 0) is 0 Å². The molecule has 0 heterocycles. The van der Waals surface area contributed by atoms with E-state index in [1.54, 1.807) is 24.3 Å². The fourth-order valence-electron chi connectivity index (χ4n) is 3.14. The minimum absolute atomic E-state index is 0.109. The Morgan fingerprint density at radius 1 is 1.16 bits per heavy atom. The molecule has 0 radical (unpaired) electrons. The fraction of sp³-hybridized carbons (Fsp3) is 0.167. The molecule has 1 unspecified atom stereocenters. The molecule has 0 aliphatic rings. The summed E-state index contributed by atoms with van der Waals surface area (Å²) < 4.78 is 5.92. The van der Waals surface area contributed by atoms with Crippen molar-refractivity contribution in [2.75, 3.05) is 10.6 Å². The van der Waals surface area contributed by atoms with Gasteiger partial charge in [-0.1, -0.05) is 26.0 Å². The number of carbonyl (C=O) groups excluding carboxylic acids is 1. The largest absolute Gasteiger partial charge is 0.506 e. The summed E-state index contributed by atoms with van der Waals surface area (Å²) in [6.45, 7) is 4.29. The average Bonchev–Trinajstić information content (AvgIpc) is 2.77. The maximum Gasteiger partial charge on any atom is 0.324 e. The zero-order chi connectivity index (χ0) is 22.5. The maximum atomic E-state index is 12.2. The van der Waals surface area contributed by atoms with Crippen molar-refractivity contribution in [3.63, 3.8) is 0 Å². The third-order valence-corrected chi connectivity index (χ3v) is 5.11. The van der Waals surface area contributed by atoms with Crippen molar-refractivity contribution >= 4 is 23.1 Å². The molecule has 0 saturated carbocycles. The molecule has 5 N–H and O–H groups in total. The first-order valence-electron chi connectivity index (χ1n) is 9.84. The number of benzene rings is 3. The Labute approximate surface area is 181 Å². The van der Waals surface area contributed by atoms with Crippen molar-refractivity contribution in [2.45, 2.75) is 26.2 Å². The summed E-state index contributed by atoms with van der Waals surface area (Å²) in [5, 5.41) is 19.4. The number of amides is 2. The third-order valence-electron chi connectivity index (χ3n) is 5.11. The summed E-state index contributed by atoms with van der Waals surface area (Å²) in [6.07, 6.45) is 1.03. The van der Waals surface area contributed by atoms with Crippen molar-refractivity contribution < 1.29 is 14.6 Å². The SMILES string of the molecule is CCC(C)c1ccc(Oc2cc(N(C(N)=O)c3ccc(C#N)cc3)c(O)cc2N)cc1. The number of nitrogen functional groups attached to an aromatic ring is 1. The molecule has 7 nitrogen and oxygen atoms in total. The summed E-state index contributed by atoms with van der Waals surface area (Å²) in [4.78, 5) is 13.3. The number of nitrogens with zero attached hydrogens (tertiary/aromatic N) is 2. The van der Waals surface area contributed by atoms with Gasteiger partial charge in [0.25, 0.3) is 0 Å². The second kappa shape index (κ2) is 9.09. The molecule has 2 amide bonds. The van der Waals surface area contributed by atoms with E-state index in [4.69, 9.17) is 21.5 Å². The molecule has 0 saturated heterocycles. The van der Waals surface area contributed by atoms with Crippen LogP contribution in [-0.4, -0.2) is 11.1 Å². The lowest BCUT2D eigenvalue weighted by Gasteiger charge is -2.23. The zero-order valence-corrected chi connectivity index (χ0v) is 17.4. The summed E-state index contributed by atoms with van der Waals surface area (Å²) in [5.74, 6) is 1.04. The highest BCUT2D eigenvalue weighted by Gasteiger charge is 2.21. The number of ether oxygens (including phenoxy) is 1. The van der Waals surface area contributed by atoms with E-state index in [2.05, 4.69) is 13.8 Å². The van der Waals surface area contributed by atoms with Gasteiger partial charge in [0.1, 0.15) is 11.5 Å². The number of urea groups is 1. The van der Waals surface area contributed by atoms with E-state index in [0.717, 1.165) is 11.3 Å². The van der Waals surface area contributed by atoms with Crippen LogP contribution in [0, 0.1) is 11.3 Å². The smallest absolute Gasteiger partial charge is 0.324 e. The van der Waals surface area contributed by atoms with Crippen LogP contribution in [0.4, 0.5) is 21.9 Å². The van der Waals surface area contributed by atoms with E-state index in [0.29, 0.717) is 22.9 Å². The van der Waals surface area contributed by atoms with Gasteiger partial charge < -0.3 is 21.3 Å². The first kappa shape index (κ1) is 21.5. The van der Waals surface area contributed by atoms with Crippen LogP contribution in [0.5, 0.6) is 17.2 Å². The van der Waals surface area contributed by atoms with E-state index < -0.39 is 6.03 Å². The second-order valence-corrected chi connectivity index (χ2v) is 7.19. The molecule has 1 atom stereocenters. The normalized spacial score (nSPS) is 11.4. The molecule has 0 aliphatic heterocycles. The number of hydrogen-bond acceptors (Lipinski definition) is 5. The monoisotopic (exact) mass is 416 g/mol. The van der Waals surface area contributed by atoms with Gasteiger partial charge in [-0.2, -0.15) is 5.26 Å². The maximum absolute atomic E-state index is 12.2. The molecular weight excluding hydrogens is 392 g/mol. The van der Waals surface area contributed by atoms with Gasteiger partial charge in [0.2, 0.25) is 0 Å². The van der Waals surface area contributed by atoms with Crippen LogP contribution in [0.3, 0.4) is 0 Å². The summed E-state index contributed by atoms with van der Waals surface area (Å²) in [5.41, 5.74) is 13.9. The zero-order valence-electron chi connectivity index (χ0n) is 17.4. The predicted octanol–water partition coefficient (Wildman–Crippen LogP) is 5.37. The van der Waals surface area contributed by atoms with Crippen LogP contribution < -0.4 is 21.1 Å². The second-order valence-electron chi connectivity index (χ2n) is 7.19. The molecule has 0 spiro atoms. The third kappa shape index (κ3) is 4.70. The van der Waals surface area contributed by atoms with Crippen LogP contribution in [0.1, 0.15) is 37.3 Å². The Bertz CT molecular complexity index is 1120. The summed E-state index contributed by atoms with van der Waals surface area (Å²) in [6, 6.07) is 17.9. The molecular formula is C24H24N4O3. The number of phenols is 1. The number of carbonyl (C=O) groups is 1. The Kier molecular flexibility index (Phi) is 6.32. The Morgan fingerprint density at radius 2 is 1.81 bits per heavy atom. The van der Waals surface area contributed by atoms with Gasteiger partial charge >= 0.3 is 6.03 Å². The Morgan fingerprint density at radius 3 is 2.35 bits per heavy atom. The van der Waals surface area contributed by atoms with Gasteiger partial charge in [0, 0.05) is 12.1 Å². The van der Waals surface area contributed by atoms with Crippen LogP contribution >= 0.6 is 0 Å². The summed E-state index contributed by atoms with van der Waals surface area (Å²) >= 11 is 0. The number of nitrogens with two attached hydrogens (primary N) is 2. The van der Waals surface area contributed by atoms with Crippen LogP contribution in [0.25, 0.3) is 0 Å². The van der Waals surface area contributed by atoms with E-state index in [-0.39, 0.29) is 22.9 Å². The molecule has 3 aromatic carbocycles. The Balaban J connectivity index is 1.97. The molecule has 0 aliphatic carbocycles. The fourth-order valence-corrected chi connectivity index (χ4v) is 3.14. The summed E-state index contributed by atoms with van der Waals surface area (Å²) in [7, 11) is 0. The van der Waals surface area contributed by atoms with Gasteiger partial charge in [-0.3, -0.25) is 4.90 Å². The lowest BCUT2D eigenvalue weighted by Crippen LogP contribution is -2.31. The van der Waals surface area contributed by atoms with Crippen molar-refractivity contribution in [3.8, 4) is 23.3 Å². The van der Waals surface area contributed by atoms with Gasteiger partial charge in [-0.05, 0) is 54.3 Å². The number of phenolic OH excluding ortho intramolecular Hbond substituents is 1. The van der Waals surface area contributed by atoms with E-state index in [1.165, 1.54) is 17.7 Å². The topological polar surface area (TPSA) is 126 Å². The minimum Gasteiger partial charge on any atom is -0.506 e. The lowest BCUT2D eigenvalue weighted by atomic mass is 9.99. The number of hydrogen-bond donors (Lipinski definition) is 3. The molecule has 3 rings (SSSR count). The number of anilines is 3. The molecule has 158 valence electrons. The van der Waals surface area contributed by atoms with Crippen molar-refractivity contribution in [1.82, 2.24) is 0 Å². The molecule has 0 aromatic heterocycles.